The Balaban J connectivity index is 3.05. The molecule has 0 bridgehead atoms. The number of hydrogen-bond donors (Lipinski definition) is 1. The molecule has 1 N–H and O–H groups in total. The van der Waals surface area contributed by atoms with Crippen molar-refractivity contribution in [1.82, 2.24) is 0 Å². The van der Waals surface area contributed by atoms with Crippen LogP contribution in [0.3, 0.4) is 0 Å². The minimum atomic E-state index is -0.968. The van der Waals surface area contributed by atoms with E-state index in [1.807, 2.05) is 0 Å². The second-order valence-corrected chi connectivity index (χ2v) is 2.74. The van der Waals surface area contributed by atoms with E-state index in [0.717, 1.165) is 11.8 Å². The summed E-state index contributed by atoms with van der Waals surface area (Å²) in [5, 5.41) is 8.64. The van der Waals surface area contributed by atoms with Gasteiger partial charge in [0, 0.05) is 5.57 Å². The molecule has 1 aromatic carbocycles. The van der Waals surface area contributed by atoms with E-state index in [4.69, 9.17) is 5.11 Å². The van der Waals surface area contributed by atoms with Crippen molar-refractivity contribution in [3.63, 3.8) is 0 Å². The zero-order valence-electron chi connectivity index (χ0n) is 7.73. The van der Waals surface area contributed by atoms with Crippen molar-refractivity contribution in [2.75, 3.05) is 0 Å². The van der Waals surface area contributed by atoms with Gasteiger partial charge in [0.25, 0.3) is 0 Å². The minimum absolute atomic E-state index is 0.218. The third kappa shape index (κ3) is 2.07. The van der Waals surface area contributed by atoms with Gasteiger partial charge in [-0.25, -0.2) is 4.79 Å². The average Bonchev–Trinajstić information content (AvgIpc) is 2.20. The monoisotopic (exact) mass is 190 g/mol. The summed E-state index contributed by atoms with van der Waals surface area (Å²) in [6.45, 7) is 1.76. The molecule has 0 fully saturated rings. The molecule has 0 amide bonds. The molecule has 1 aromatic rings. The van der Waals surface area contributed by atoms with Crippen LogP contribution in [-0.2, 0) is 4.79 Å². The van der Waals surface area contributed by atoms with Gasteiger partial charge in [0.1, 0.15) is 6.29 Å². The maximum atomic E-state index is 10.6. The number of carbonyl (C=O) groups excluding carboxylic acids is 1. The molecule has 0 saturated heterocycles. The number of benzene rings is 1. The van der Waals surface area contributed by atoms with Gasteiger partial charge in [0.2, 0.25) is 0 Å². The van der Waals surface area contributed by atoms with Crippen LogP contribution in [0.15, 0.2) is 30.3 Å². The first-order valence-electron chi connectivity index (χ1n) is 4.14. The SMILES string of the molecule is CC=C(C=O)c1ccc(C(=O)O)cc1. The zero-order valence-corrected chi connectivity index (χ0v) is 7.73. The van der Waals surface area contributed by atoms with Crippen LogP contribution in [0.5, 0.6) is 0 Å². The molecule has 0 aromatic heterocycles. The summed E-state index contributed by atoms with van der Waals surface area (Å²) in [7, 11) is 0. The van der Waals surface area contributed by atoms with Crippen LogP contribution >= 0.6 is 0 Å². The molecule has 0 unspecified atom stereocenters. The molecule has 0 heterocycles. The number of carboxylic acids is 1. The van der Waals surface area contributed by atoms with Gasteiger partial charge in [-0.05, 0) is 24.6 Å². The first kappa shape index (κ1) is 10.2. The summed E-state index contributed by atoms with van der Waals surface area (Å²) >= 11 is 0. The Kier molecular flexibility index (Phi) is 3.18. The third-order valence-electron chi connectivity index (χ3n) is 1.90. The summed E-state index contributed by atoms with van der Waals surface area (Å²) in [4.78, 5) is 21.1. The van der Waals surface area contributed by atoms with E-state index in [1.165, 1.54) is 12.1 Å². The fourth-order valence-electron chi connectivity index (χ4n) is 1.11. The van der Waals surface area contributed by atoms with Crippen LogP contribution < -0.4 is 0 Å². The number of carboxylic acid groups (broad SMARTS) is 1. The van der Waals surface area contributed by atoms with Gasteiger partial charge in [-0.15, -0.1) is 0 Å². The highest BCUT2D eigenvalue weighted by Crippen LogP contribution is 2.12. The van der Waals surface area contributed by atoms with Gasteiger partial charge < -0.3 is 5.11 Å². The lowest BCUT2D eigenvalue weighted by Gasteiger charge is -1.99. The van der Waals surface area contributed by atoms with Crippen LogP contribution in [0, 0.1) is 0 Å². The number of allylic oxidation sites excluding steroid dienone is 2. The molecule has 72 valence electrons. The van der Waals surface area contributed by atoms with E-state index in [0.29, 0.717) is 5.57 Å². The number of aromatic carboxylic acids is 1. The summed E-state index contributed by atoms with van der Waals surface area (Å²) in [5.74, 6) is -0.968. The lowest BCUT2D eigenvalue weighted by Crippen LogP contribution is -1.96. The van der Waals surface area contributed by atoms with Crippen molar-refractivity contribution in [3.05, 3.63) is 41.5 Å². The second kappa shape index (κ2) is 4.37. The molecule has 0 spiro atoms. The minimum Gasteiger partial charge on any atom is -0.478 e. The molecule has 0 atom stereocenters. The van der Waals surface area contributed by atoms with E-state index in [1.54, 1.807) is 25.1 Å². The molecule has 0 saturated carbocycles. The Morgan fingerprint density at radius 3 is 2.07 bits per heavy atom. The highest BCUT2D eigenvalue weighted by molar-refractivity contribution is 6.06. The second-order valence-electron chi connectivity index (χ2n) is 2.74. The quantitative estimate of drug-likeness (QED) is 0.585. The summed E-state index contributed by atoms with van der Waals surface area (Å²) in [6, 6.07) is 6.19. The maximum Gasteiger partial charge on any atom is 0.335 e. The van der Waals surface area contributed by atoms with Gasteiger partial charge in [-0.1, -0.05) is 18.2 Å². The average molecular weight is 190 g/mol. The smallest absolute Gasteiger partial charge is 0.335 e. The van der Waals surface area contributed by atoms with Gasteiger partial charge in [-0.3, -0.25) is 4.79 Å². The lowest BCUT2D eigenvalue weighted by molar-refractivity contribution is -0.103. The number of rotatable bonds is 3. The van der Waals surface area contributed by atoms with Crippen LogP contribution in [0.1, 0.15) is 22.8 Å². The van der Waals surface area contributed by atoms with Crippen molar-refractivity contribution in [2.45, 2.75) is 6.92 Å². The summed E-state index contributed by atoms with van der Waals surface area (Å²) < 4.78 is 0. The molecular formula is C11H10O3. The van der Waals surface area contributed by atoms with Crippen LogP contribution in [-0.4, -0.2) is 17.4 Å². The van der Waals surface area contributed by atoms with E-state index in [9.17, 15) is 9.59 Å². The van der Waals surface area contributed by atoms with Crippen molar-refractivity contribution in [3.8, 4) is 0 Å². The first-order chi connectivity index (χ1) is 6.69. The molecular weight excluding hydrogens is 180 g/mol. The standard InChI is InChI=1S/C11H10O3/c1-2-8(7-12)9-3-5-10(6-4-9)11(13)14/h2-7H,1H3,(H,13,14). The van der Waals surface area contributed by atoms with Crippen molar-refractivity contribution >= 4 is 17.8 Å². The van der Waals surface area contributed by atoms with Crippen LogP contribution in [0.2, 0.25) is 0 Å². The van der Waals surface area contributed by atoms with Crippen LogP contribution in [0.25, 0.3) is 5.57 Å². The van der Waals surface area contributed by atoms with Gasteiger partial charge in [-0.2, -0.15) is 0 Å². The fourth-order valence-corrected chi connectivity index (χ4v) is 1.11. The molecule has 0 aliphatic rings. The van der Waals surface area contributed by atoms with Gasteiger partial charge >= 0.3 is 5.97 Å². The Bertz CT molecular complexity index is 374. The van der Waals surface area contributed by atoms with Crippen molar-refractivity contribution in [2.24, 2.45) is 0 Å². The van der Waals surface area contributed by atoms with E-state index in [2.05, 4.69) is 0 Å². The summed E-state index contributed by atoms with van der Waals surface area (Å²) in [5.41, 5.74) is 1.50. The predicted octanol–water partition coefficient (Wildman–Crippen LogP) is 1.99. The molecule has 3 heteroatoms. The lowest BCUT2D eigenvalue weighted by atomic mass is 10.1. The number of carbonyl (C=O) groups is 2. The predicted molar refractivity (Wildman–Crippen MR) is 53.1 cm³/mol. The Morgan fingerprint density at radius 1 is 1.21 bits per heavy atom. The van der Waals surface area contributed by atoms with E-state index in [-0.39, 0.29) is 5.56 Å². The highest BCUT2D eigenvalue weighted by Gasteiger charge is 2.03. The molecule has 0 aliphatic heterocycles. The molecule has 3 nitrogen and oxygen atoms in total. The van der Waals surface area contributed by atoms with E-state index < -0.39 is 5.97 Å². The van der Waals surface area contributed by atoms with Crippen molar-refractivity contribution < 1.29 is 14.7 Å². The van der Waals surface area contributed by atoms with E-state index >= 15 is 0 Å². The Hall–Kier alpha value is -1.90. The molecule has 14 heavy (non-hydrogen) atoms. The fraction of sp³-hybridized carbons (Fsp3) is 0.0909. The third-order valence-corrected chi connectivity index (χ3v) is 1.90. The molecule has 0 aliphatic carbocycles. The van der Waals surface area contributed by atoms with Crippen LogP contribution in [0.4, 0.5) is 0 Å². The highest BCUT2D eigenvalue weighted by atomic mass is 16.4. The number of aldehydes is 1. The molecule has 1 rings (SSSR count). The number of hydrogen-bond acceptors (Lipinski definition) is 2. The van der Waals surface area contributed by atoms with Gasteiger partial charge in [0.15, 0.2) is 0 Å². The first-order valence-corrected chi connectivity index (χ1v) is 4.14. The maximum absolute atomic E-state index is 10.6. The zero-order chi connectivity index (χ0) is 10.6. The Morgan fingerprint density at radius 2 is 1.71 bits per heavy atom. The topological polar surface area (TPSA) is 54.4 Å². The molecule has 0 radical (unpaired) electrons. The largest absolute Gasteiger partial charge is 0.478 e. The van der Waals surface area contributed by atoms with Crippen molar-refractivity contribution in [1.29, 1.82) is 0 Å². The van der Waals surface area contributed by atoms with Gasteiger partial charge in [0.05, 0.1) is 5.56 Å². The normalized spacial score (nSPS) is 11.1. The summed E-state index contributed by atoms with van der Waals surface area (Å²) in [6.07, 6.45) is 2.43. The Labute approximate surface area is 81.7 Å².